The van der Waals surface area contributed by atoms with Crippen molar-refractivity contribution >= 4 is 15.9 Å². The number of nitrogens with zero attached hydrogens (tertiary/aromatic N) is 1. The number of carbonyl (C=O) groups is 1. The number of nitrogens with one attached hydrogen (secondary N) is 1. The maximum absolute atomic E-state index is 12.8. The first-order chi connectivity index (χ1) is 10.4. The summed E-state index contributed by atoms with van der Waals surface area (Å²) in [6.45, 7) is 3.06. The molecule has 1 aliphatic heterocycles. The Kier molecular flexibility index (Phi) is 5.58. The summed E-state index contributed by atoms with van der Waals surface area (Å²) in [6.07, 6.45) is 4.84. The first kappa shape index (κ1) is 17.0. The van der Waals surface area contributed by atoms with E-state index >= 15 is 0 Å². The van der Waals surface area contributed by atoms with Gasteiger partial charge in [-0.2, -0.15) is 0 Å². The molecule has 1 aromatic rings. The van der Waals surface area contributed by atoms with Gasteiger partial charge in [0.15, 0.2) is 0 Å². The summed E-state index contributed by atoms with van der Waals surface area (Å²) >= 11 is 0. The smallest absolute Gasteiger partial charge is 0.254 e. The van der Waals surface area contributed by atoms with E-state index in [1.165, 1.54) is 0 Å². The molecule has 0 spiro atoms. The predicted molar refractivity (Wildman–Crippen MR) is 87.3 cm³/mol. The van der Waals surface area contributed by atoms with E-state index in [0.717, 1.165) is 43.2 Å². The average Bonchev–Trinajstić information content (AvgIpc) is 2.46. The molecule has 6 heteroatoms. The van der Waals surface area contributed by atoms with Crippen molar-refractivity contribution in [3.63, 3.8) is 0 Å². The highest BCUT2D eigenvalue weighted by Crippen LogP contribution is 2.22. The third-order valence-corrected chi connectivity index (χ3v) is 4.83. The molecule has 0 bridgehead atoms. The van der Waals surface area contributed by atoms with E-state index in [1.807, 2.05) is 36.1 Å². The molecule has 22 heavy (non-hydrogen) atoms. The quantitative estimate of drug-likeness (QED) is 0.900. The molecule has 1 saturated heterocycles. The lowest BCUT2D eigenvalue weighted by atomic mass is 9.97. The Morgan fingerprint density at radius 2 is 2.05 bits per heavy atom. The molecule has 1 unspecified atom stereocenters. The number of amides is 1. The zero-order chi connectivity index (χ0) is 16.2. The highest BCUT2D eigenvalue weighted by molar-refractivity contribution is 7.88. The molecule has 1 aliphatic rings. The molecule has 2 rings (SSSR count). The Labute approximate surface area is 132 Å². The van der Waals surface area contributed by atoms with E-state index < -0.39 is 10.0 Å². The summed E-state index contributed by atoms with van der Waals surface area (Å²) in [6, 6.07) is 7.71. The van der Waals surface area contributed by atoms with Gasteiger partial charge in [-0.25, -0.2) is 13.1 Å². The number of rotatable bonds is 5. The van der Waals surface area contributed by atoms with Crippen LogP contribution in [0.3, 0.4) is 0 Å². The van der Waals surface area contributed by atoms with Crippen molar-refractivity contribution < 1.29 is 13.2 Å². The zero-order valence-electron chi connectivity index (χ0n) is 13.2. The number of aryl methyl sites for hydroxylation is 1. The van der Waals surface area contributed by atoms with Crippen LogP contribution in [-0.2, 0) is 10.0 Å². The summed E-state index contributed by atoms with van der Waals surface area (Å²) in [4.78, 5) is 14.7. The van der Waals surface area contributed by atoms with Crippen molar-refractivity contribution in [2.75, 3.05) is 19.3 Å². The Morgan fingerprint density at radius 1 is 1.32 bits per heavy atom. The molecule has 1 atom stereocenters. The Morgan fingerprint density at radius 3 is 2.73 bits per heavy atom. The van der Waals surface area contributed by atoms with Gasteiger partial charge in [-0.15, -0.1) is 0 Å². The molecule has 1 N–H and O–H groups in total. The fourth-order valence-corrected chi connectivity index (χ4v) is 3.44. The molecule has 0 radical (unpaired) electrons. The third-order valence-electron chi connectivity index (χ3n) is 4.11. The van der Waals surface area contributed by atoms with E-state index in [-0.39, 0.29) is 11.9 Å². The normalized spacial score (nSPS) is 19.2. The van der Waals surface area contributed by atoms with Crippen LogP contribution < -0.4 is 4.72 Å². The number of hydrogen-bond acceptors (Lipinski definition) is 3. The monoisotopic (exact) mass is 324 g/mol. The van der Waals surface area contributed by atoms with Gasteiger partial charge in [0.2, 0.25) is 10.0 Å². The van der Waals surface area contributed by atoms with E-state index in [9.17, 15) is 13.2 Å². The average molecular weight is 324 g/mol. The molecule has 5 nitrogen and oxygen atoms in total. The molecule has 0 saturated carbocycles. The van der Waals surface area contributed by atoms with E-state index in [0.29, 0.717) is 13.0 Å². The third kappa shape index (κ3) is 4.55. The van der Waals surface area contributed by atoms with Gasteiger partial charge in [-0.3, -0.25) is 4.79 Å². The van der Waals surface area contributed by atoms with Gasteiger partial charge in [-0.05, 0) is 44.2 Å². The van der Waals surface area contributed by atoms with Crippen LogP contribution in [-0.4, -0.2) is 44.6 Å². The van der Waals surface area contributed by atoms with Gasteiger partial charge in [0.05, 0.1) is 6.26 Å². The number of benzene rings is 1. The first-order valence-corrected chi connectivity index (χ1v) is 9.59. The van der Waals surface area contributed by atoms with Gasteiger partial charge in [0.25, 0.3) is 5.91 Å². The van der Waals surface area contributed by atoms with Gasteiger partial charge >= 0.3 is 0 Å². The van der Waals surface area contributed by atoms with Gasteiger partial charge < -0.3 is 4.90 Å². The Balaban J connectivity index is 2.06. The number of carbonyl (C=O) groups excluding carboxylic acids is 1. The molecule has 1 heterocycles. The largest absolute Gasteiger partial charge is 0.336 e. The fourth-order valence-electron chi connectivity index (χ4n) is 2.95. The number of sulfonamides is 1. The van der Waals surface area contributed by atoms with Crippen molar-refractivity contribution in [1.29, 1.82) is 0 Å². The number of likely N-dealkylation sites (tertiary alicyclic amines) is 1. The summed E-state index contributed by atoms with van der Waals surface area (Å²) in [5.41, 5.74) is 1.72. The van der Waals surface area contributed by atoms with Crippen molar-refractivity contribution in [3.05, 3.63) is 35.4 Å². The van der Waals surface area contributed by atoms with Crippen LogP contribution in [0, 0.1) is 6.92 Å². The maximum atomic E-state index is 12.8. The standard InChI is InChI=1S/C16H24N2O3S/c1-13-7-3-4-9-15(13)16(19)18-12-6-5-8-14(18)10-11-17-22(2,20)21/h3-4,7,9,14,17H,5-6,8,10-12H2,1-2H3. The summed E-state index contributed by atoms with van der Waals surface area (Å²) in [5, 5.41) is 0. The molecule has 122 valence electrons. The van der Waals surface area contributed by atoms with E-state index in [1.54, 1.807) is 0 Å². The van der Waals surface area contributed by atoms with E-state index in [2.05, 4.69) is 4.72 Å². The molecule has 1 amide bonds. The second kappa shape index (κ2) is 7.24. The SMILES string of the molecule is Cc1ccccc1C(=O)N1CCCCC1CCNS(C)(=O)=O. The lowest BCUT2D eigenvalue weighted by molar-refractivity contribution is 0.0603. The second-order valence-electron chi connectivity index (χ2n) is 5.92. The number of hydrogen-bond donors (Lipinski definition) is 1. The number of piperidine rings is 1. The van der Waals surface area contributed by atoms with Crippen LogP contribution in [0.4, 0.5) is 0 Å². The van der Waals surface area contributed by atoms with Crippen LogP contribution >= 0.6 is 0 Å². The van der Waals surface area contributed by atoms with Crippen LogP contribution in [0.2, 0.25) is 0 Å². The molecular formula is C16H24N2O3S. The molecule has 1 aromatic carbocycles. The van der Waals surface area contributed by atoms with Gasteiger partial charge in [-0.1, -0.05) is 18.2 Å². The van der Waals surface area contributed by atoms with Crippen LogP contribution in [0.25, 0.3) is 0 Å². The van der Waals surface area contributed by atoms with Gasteiger partial charge in [0.1, 0.15) is 0 Å². The highest BCUT2D eigenvalue weighted by atomic mass is 32.2. The maximum Gasteiger partial charge on any atom is 0.254 e. The van der Waals surface area contributed by atoms with Gasteiger partial charge in [0, 0.05) is 24.7 Å². The minimum Gasteiger partial charge on any atom is -0.336 e. The van der Waals surface area contributed by atoms with Crippen molar-refractivity contribution in [3.8, 4) is 0 Å². The minimum atomic E-state index is -3.17. The lowest BCUT2D eigenvalue weighted by Crippen LogP contribution is -2.45. The summed E-state index contributed by atoms with van der Waals surface area (Å²) in [7, 11) is -3.17. The lowest BCUT2D eigenvalue weighted by Gasteiger charge is -2.36. The molecular weight excluding hydrogens is 300 g/mol. The topological polar surface area (TPSA) is 66.5 Å². The fraction of sp³-hybridized carbons (Fsp3) is 0.562. The van der Waals surface area contributed by atoms with Crippen LogP contribution in [0.5, 0.6) is 0 Å². The van der Waals surface area contributed by atoms with E-state index in [4.69, 9.17) is 0 Å². The van der Waals surface area contributed by atoms with Crippen LogP contribution in [0.1, 0.15) is 41.6 Å². The first-order valence-electron chi connectivity index (χ1n) is 7.70. The van der Waals surface area contributed by atoms with Crippen molar-refractivity contribution in [2.45, 2.75) is 38.6 Å². The van der Waals surface area contributed by atoms with Crippen molar-refractivity contribution in [2.24, 2.45) is 0 Å². The predicted octanol–water partition coefficient (Wildman–Crippen LogP) is 1.93. The molecule has 1 fully saturated rings. The summed E-state index contributed by atoms with van der Waals surface area (Å²) in [5.74, 6) is 0.0576. The van der Waals surface area contributed by atoms with Crippen molar-refractivity contribution in [1.82, 2.24) is 9.62 Å². The Bertz CT molecular complexity index is 628. The highest BCUT2D eigenvalue weighted by Gasteiger charge is 2.27. The minimum absolute atomic E-state index is 0.0576. The zero-order valence-corrected chi connectivity index (χ0v) is 14.0. The summed E-state index contributed by atoms with van der Waals surface area (Å²) < 4.78 is 24.8. The Hall–Kier alpha value is -1.40. The van der Waals surface area contributed by atoms with Crippen LogP contribution in [0.15, 0.2) is 24.3 Å². The second-order valence-corrected chi connectivity index (χ2v) is 7.75. The molecule has 0 aliphatic carbocycles. The molecule has 0 aromatic heterocycles.